The van der Waals surface area contributed by atoms with Crippen molar-refractivity contribution in [1.29, 1.82) is 0 Å². The number of rotatable bonds is 3. The molecule has 0 bridgehead atoms. The molecule has 0 aliphatic heterocycles. The Morgan fingerprint density at radius 2 is 1.92 bits per heavy atom. The molecule has 0 atom stereocenters. The summed E-state index contributed by atoms with van der Waals surface area (Å²) in [5, 5.41) is 0. The van der Waals surface area contributed by atoms with E-state index in [1.54, 1.807) is 24.3 Å². The van der Waals surface area contributed by atoms with Crippen molar-refractivity contribution >= 4 is 5.78 Å². The number of hydrogen-bond acceptors (Lipinski definition) is 1. The Bertz CT molecular complexity index is 333. The Hall–Kier alpha value is -1.63. The molecule has 1 rings (SSSR count). The summed E-state index contributed by atoms with van der Waals surface area (Å²) in [4.78, 5) is 11.5. The molecule has 0 aliphatic rings. The van der Waals surface area contributed by atoms with E-state index in [-0.39, 0.29) is 5.78 Å². The molecular formula is C12H12O. The molecule has 1 aromatic carbocycles. The Labute approximate surface area is 78.4 Å². The molecule has 0 radical (unpaired) electrons. The average molecular weight is 172 g/mol. The van der Waals surface area contributed by atoms with Gasteiger partial charge in [0, 0.05) is 5.56 Å². The first-order valence-electron chi connectivity index (χ1n) is 4.14. The predicted molar refractivity (Wildman–Crippen MR) is 54.7 cm³/mol. The summed E-state index contributed by atoms with van der Waals surface area (Å²) in [5.41, 5.74) is 1.59. The van der Waals surface area contributed by atoms with Crippen LogP contribution < -0.4 is 0 Å². The first-order chi connectivity index (χ1) is 6.24. The summed E-state index contributed by atoms with van der Waals surface area (Å²) in [6.45, 7) is 5.44. The molecule has 0 saturated carbocycles. The van der Waals surface area contributed by atoms with Crippen molar-refractivity contribution in [3.8, 4) is 0 Å². The van der Waals surface area contributed by atoms with Gasteiger partial charge in [-0.2, -0.15) is 0 Å². The molecular weight excluding hydrogens is 160 g/mol. The highest BCUT2D eigenvalue weighted by Crippen LogP contribution is 2.03. The normalized spacial score (nSPS) is 11.0. The van der Waals surface area contributed by atoms with Crippen LogP contribution >= 0.6 is 0 Å². The number of benzene rings is 1. The van der Waals surface area contributed by atoms with E-state index in [1.807, 2.05) is 25.1 Å². The minimum absolute atomic E-state index is 0.0259. The lowest BCUT2D eigenvalue weighted by molar-refractivity contribution is 0.104. The second-order valence-electron chi connectivity index (χ2n) is 2.82. The second-order valence-corrected chi connectivity index (χ2v) is 2.82. The fraction of sp³-hybridized carbons (Fsp3) is 0.0833. The second kappa shape index (κ2) is 4.41. The number of carbonyl (C=O) groups excluding carboxylic acids is 1. The third kappa shape index (κ3) is 2.71. The Kier molecular flexibility index (Phi) is 3.21. The molecule has 0 N–H and O–H groups in total. The molecule has 13 heavy (non-hydrogen) atoms. The predicted octanol–water partition coefficient (Wildman–Crippen LogP) is 3.00. The van der Waals surface area contributed by atoms with Crippen LogP contribution in [0, 0.1) is 0 Å². The molecule has 0 fully saturated rings. The molecule has 0 spiro atoms. The highest BCUT2D eigenvalue weighted by Gasteiger charge is 1.99. The van der Waals surface area contributed by atoms with Gasteiger partial charge in [0.15, 0.2) is 5.78 Å². The van der Waals surface area contributed by atoms with Crippen molar-refractivity contribution in [1.82, 2.24) is 0 Å². The zero-order chi connectivity index (χ0) is 9.68. The van der Waals surface area contributed by atoms with Gasteiger partial charge >= 0.3 is 0 Å². The molecule has 0 heterocycles. The molecule has 0 aliphatic carbocycles. The Morgan fingerprint density at radius 3 is 2.46 bits per heavy atom. The van der Waals surface area contributed by atoms with E-state index < -0.39 is 0 Å². The fourth-order valence-corrected chi connectivity index (χ4v) is 0.951. The maximum atomic E-state index is 11.5. The SMILES string of the molecule is C=C/C(C)=C/C(=O)c1ccccc1. The van der Waals surface area contributed by atoms with Gasteiger partial charge in [-0.3, -0.25) is 4.79 Å². The highest BCUT2D eigenvalue weighted by molar-refractivity contribution is 6.05. The van der Waals surface area contributed by atoms with E-state index in [9.17, 15) is 4.79 Å². The summed E-state index contributed by atoms with van der Waals surface area (Å²) >= 11 is 0. The van der Waals surface area contributed by atoms with Crippen molar-refractivity contribution < 1.29 is 4.79 Å². The minimum Gasteiger partial charge on any atom is -0.289 e. The molecule has 66 valence electrons. The summed E-state index contributed by atoms with van der Waals surface area (Å²) < 4.78 is 0. The Morgan fingerprint density at radius 1 is 1.31 bits per heavy atom. The molecule has 1 nitrogen and oxygen atoms in total. The van der Waals surface area contributed by atoms with Gasteiger partial charge in [0.1, 0.15) is 0 Å². The lowest BCUT2D eigenvalue weighted by atomic mass is 10.1. The smallest absolute Gasteiger partial charge is 0.186 e. The number of ketones is 1. The standard InChI is InChI=1S/C12H12O/c1-3-10(2)9-12(13)11-7-5-4-6-8-11/h3-9H,1H2,2H3/b10-9+. The lowest BCUT2D eigenvalue weighted by Gasteiger charge is -1.94. The van der Waals surface area contributed by atoms with Gasteiger partial charge in [0.05, 0.1) is 0 Å². The van der Waals surface area contributed by atoms with E-state index >= 15 is 0 Å². The van der Waals surface area contributed by atoms with Gasteiger partial charge in [-0.05, 0) is 18.6 Å². The fourth-order valence-electron chi connectivity index (χ4n) is 0.951. The molecule has 1 heteroatoms. The van der Waals surface area contributed by atoms with E-state index in [2.05, 4.69) is 6.58 Å². The summed E-state index contributed by atoms with van der Waals surface area (Å²) in [6.07, 6.45) is 3.25. The number of allylic oxidation sites excluding steroid dienone is 3. The first kappa shape index (κ1) is 9.46. The lowest BCUT2D eigenvalue weighted by Crippen LogP contribution is -1.93. The topological polar surface area (TPSA) is 17.1 Å². The average Bonchev–Trinajstić information content (AvgIpc) is 2.19. The third-order valence-electron chi connectivity index (χ3n) is 1.74. The zero-order valence-electron chi connectivity index (χ0n) is 7.66. The van der Waals surface area contributed by atoms with Crippen LogP contribution in [0.2, 0.25) is 0 Å². The quantitative estimate of drug-likeness (QED) is 0.389. The van der Waals surface area contributed by atoms with Gasteiger partial charge in [-0.1, -0.05) is 43.0 Å². The van der Waals surface area contributed by atoms with Gasteiger partial charge < -0.3 is 0 Å². The van der Waals surface area contributed by atoms with E-state index in [1.165, 1.54) is 0 Å². The Balaban J connectivity index is 2.87. The van der Waals surface area contributed by atoms with Crippen molar-refractivity contribution in [2.75, 3.05) is 0 Å². The van der Waals surface area contributed by atoms with E-state index in [0.717, 1.165) is 5.57 Å². The highest BCUT2D eigenvalue weighted by atomic mass is 16.1. The number of carbonyl (C=O) groups is 1. The van der Waals surface area contributed by atoms with Crippen LogP contribution in [0.15, 0.2) is 54.6 Å². The summed E-state index contributed by atoms with van der Waals surface area (Å²) in [7, 11) is 0. The van der Waals surface area contributed by atoms with E-state index in [0.29, 0.717) is 5.56 Å². The summed E-state index contributed by atoms with van der Waals surface area (Å²) in [6, 6.07) is 9.19. The van der Waals surface area contributed by atoms with Crippen molar-refractivity contribution in [2.45, 2.75) is 6.92 Å². The van der Waals surface area contributed by atoms with Crippen LogP contribution in [0.5, 0.6) is 0 Å². The minimum atomic E-state index is 0.0259. The van der Waals surface area contributed by atoms with E-state index in [4.69, 9.17) is 0 Å². The van der Waals surface area contributed by atoms with Crippen LogP contribution in [0.3, 0.4) is 0 Å². The number of hydrogen-bond donors (Lipinski definition) is 0. The van der Waals surface area contributed by atoms with Gasteiger partial charge in [-0.15, -0.1) is 0 Å². The van der Waals surface area contributed by atoms with Crippen molar-refractivity contribution in [2.24, 2.45) is 0 Å². The van der Waals surface area contributed by atoms with Gasteiger partial charge in [0.25, 0.3) is 0 Å². The van der Waals surface area contributed by atoms with Crippen molar-refractivity contribution in [3.05, 3.63) is 60.2 Å². The zero-order valence-corrected chi connectivity index (χ0v) is 7.66. The third-order valence-corrected chi connectivity index (χ3v) is 1.74. The first-order valence-corrected chi connectivity index (χ1v) is 4.14. The van der Waals surface area contributed by atoms with Crippen LogP contribution in [0.1, 0.15) is 17.3 Å². The van der Waals surface area contributed by atoms with Crippen LogP contribution in [0.4, 0.5) is 0 Å². The molecule has 0 aromatic heterocycles. The summed E-state index contributed by atoms with van der Waals surface area (Å²) in [5.74, 6) is 0.0259. The van der Waals surface area contributed by atoms with Gasteiger partial charge in [-0.25, -0.2) is 0 Å². The monoisotopic (exact) mass is 172 g/mol. The largest absolute Gasteiger partial charge is 0.289 e. The van der Waals surface area contributed by atoms with Crippen LogP contribution in [-0.2, 0) is 0 Å². The van der Waals surface area contributed by atoms with Gasteiger partial charge in [0.2, 0.25) is 0 Å². The molecule has 0 amide bonds. The van der Waals surface area contributed by atoms with Crippen LogP contribution in [0.25, 0.3) is 0 Å². The molecule has 0 saturated heterocycles. The molecule has 1 aromatic rings. The maximum Gasteiger partial charge on any atom is 0.186 e. The van der Waals surface area contributed by atoms with Crippen LogP contribution in [-0.4, -0.2) is 5.78 Å². The van der Waals surface area contributed by atoms with Crippen molar-refractivity contribution in [3.63, 3.8) is 0 Å². The molecule has 0 unspecified atom stereocenters. The maximum absolute atomic E-state index is 11.5.